The standard InChI is InChI=1S/C14H17F3N2O3/c15-14(16,17)22-11-6-4-10(5-7-11)19-13(21)18-8-9-2-1-3-12(9)20/h4-7,9,12,20H,1-3,8H2,(H2,18,19,21). The molecule has 1 aliphatic rings. The quantitative estimate of drug-likeness (QED) is 0.799. The highest BCUT2D eigenvalue weighted by Crippen LogP contribution is 2.25. The molecule has 0 aliphatic heterocycles. The molecule has 0 spiro atoms. The Bertz CT molecular complexity index is 505. The van der Waals surface area contributed by atoms with Crippen molar-refractivity contribution in [3.8, 4) is 5.75 Å². The van der Waals surface area contributed by atoms with E-state index in [9.17, 15) is 23.1 Å². The first-order valence-corrected chi connectivity index (χ1v) is 6.92. The minimum absolute atomic E-state index is 0.0494. The highest BCUT2D eigenvalue weighted by Gasteiger charge is 2.31. The Morgan fingerprint density at radius 1 is 1.27 bits per heavy atom. The number of carbonyl (C=O) groups excluding carboxylic acids is 1. The molecule has 1 saturated carbocycles. The summed E-state index contributed by atoms with van der Waals surface area (Å²) in [5, 5.41) is 14.8. The number of halogens is 3. The lowest BCUT2D eigenvalue weighted by atomic mass is 10.1. The van der Waals surface area contributed by atoms with Crippen molar-refractivity contribution < 1.29 is 27.8 Å². The first-order chi connectivity index (χ1) is 10.3. The Morgan fingerprint density at radius 3 is 2.50 bits per heavy atom. The SMILES string of the molecule is O=C(NCC1CCCC1O)Nc1ccc(OC(F)(F)F)cc1. The third kappa shape index (κ3) is 5.10. The van der Waals surface area contributed by atoms with Crippen LogP contribution in [0.3, 0.4) is 0 Å². The Morgan fingerprint density at radius 2 is 1.95 bits per heavy atom. The Kier molecular flexibility index (Phi) is 5.12. The molecule has 122 valence electrons. The maximum Gasteiger partial charge on any atom is 0.573 e. The van der Waals surface area contributed by atoms with Crippen molar-refractivity contribution in [3.05, 3.63) is 24.3 Å². The van der Waals surface area contributed by atoms with Gasteiger partial charge in [0.2, 0.25) is 0 Å². The molecule has 0 bridgehead atoms. The van der Waals surface area contributed by atoms with Crippen molar-refractivity contribution in [1.82, 2.24) is 5.32 Å². The van der Waals surface area contributed by atoms with Gasteiger partial charge in [0, 0.05) is 18.2 Å². The second-order valence-electron chi connectivity index (χ2n) is 5.17. The number of hydrogen-bond acceptors (Lipinski definition) is 3. The molecule has 1 aromatic rings. The van der Waals surface area contributed by atoms with Crippen LogP contribution < -0.4 is 15.4 Å². The normalized spacial score (nSPS) is 21.5. The monoisotopic (exact) mass is 318 g/mol. The lowest BCUT2D eigenvalue weighted by Gasteiger charge is -2.15. The molecule has 5 nitrogen and oxygen atoms in total. The van der Waals surface area contributed by atoms with E-state index in [0.717, 1.165) is 31.4 Å². The molecule has 1 fully saturated rings. The lowest BCUT2D eigenvalue weighted by molar-refractivity contribution is -0.274. The number of carbonyl (C=O) groups is 1. The van der Waals surface area contributed by atoms with Crippen LogP contribution in [0.4, 0.5) is 23.7 Å². The number of benzene rings is 1. The van der Waals surface area contributed by atoms with Gasteiger partial charge in [-0.25, -0.2) is 4.79 Å². The van der Waals surface area contributed by atoms with Crippen LogP contribution in [0.2, 0.25) is 0 Å². The fourth-order valence-corrected chi connectivity index (χ4v) is 2.39. The molecule has 8 heteroatoms. The number of nitrogens with one attached hydrogen (secondary N) is 2. The maximum absolute atomic E-state index is 12.0. The predicted molar refractivity (Wildman–Crippen MR) is 73.5 cm³/mol. The van der Waals surface area contributed by atoms with Crippen LogP contribution in [-0.4, -0.2) is 30.1 Å². The fraction of sp³-hybridized carbons (Fsp3) is 0.500. The summed E-state index contributed by atoms with van der Waals surface area (Å²) >= 11 is 0. The molecule has 3 N–H and O–H groups in total. The molecule has 1 aliphatic carbocycles. The smallest absolute Gasteiger partial charge is 0.406 e. The van der Waals surface area contributed by atoms with Gasteiger partial charge in [-0.2, -0.15) is 0 Å². The van der Waals surface area contributed by atoms with Crippen LogP contribution in [0.25, 0.3) is 0 Å². The summed E-state index contributed by atoms with van der Waals surface area (Å²) in [5.41, 5.74) is 0.346. The van der Waals surface area contributed by atoms with E-state index >= 15 is 0 Å². The summed E-state index contributed by atoms with van der Waals surface area (Å²) in [6, 6.07) is 4.38. The van der Waals surface area contributed by atoms with Crippen LogP contribution in [0.5, 0.6) is 5.75 Å². The number of rotatable bonds is 4. The second-order valence-corrected chi connectivity index (χ2v) is 5.17. The molecule has 0 aromatic heterocycles. The van der Waals surface area contributed by atoms with E-state index in [1.54, 1.807) is 0 Å². The largest absolute Gasteiger partial charge is 0.573 e. The third-order valence-corrected chi connectivity index (χ3v) is 3.49. The van der Waals surface area contributed by atoms with Crippen molar-refractivity contribution in [1.29, 1.82) is 0 Å². The molecule has 2 amide bonds. The zero-order chi connectivity index (χ0) is 16.2. The van der Waals surface area contributed by atoms with Crippen LogP contribution in [-0.2, 0) is 0 Å². The Hall–Kier alpha value is -1.96. The number of hydrogen-bond donors (Lipinski definition) is 3. The van der Waals surface area contributed by atoms with Gasteiger partial charge in [-0.15, -0.1) is 13.2 Å². The highest BCUT2D eigenvalue weighted by atomic mass is 19.4. The van der Waals surface area contributed by atoms with Gasteiger partial charge in [0.15, 0.2) is 0 Å². The minimum Gasteiger partial charge on any atom is -0.406 e. The highest BCUT2D eigenvalue weighted by molar-refractivity contribution is 5.89. The summed E-state index contributed by atoms with van der Waals surface area (Å²) in [5.74, 6) is -0.305. The van der Waals surface area contributed by atoms with Crippen molar-refractivity contribution >= 4 is 11.7 Å². The minimum atomic E-state index is -4.74. The van der Waals surface area contributed by atoms with Gasteiger partial charge in [-0.1, -0.05) is 6.42 Å². The molecule has 2 atom stereocenters. The molecular weight excluding hydrogens is 301 g/mol. The van der Waals surface area contributed by atoms with Gasteiger partial charge in [-0.3, -0.25) is 0 Å². The molecule has 0 saturated heterocycles. The van der Waals surface area contributed by atoms with E-state index in [1.807, 2.05) is 0 Å². The maximum atomic E-state index is 12.0. The zero-order valence-electron chi connectivity index (χ0n) is 11.7. The van der Waals surface area contributed by atoms with Crippen molar-refractivity contribution in [3.63, 3.8) is 0 Å². The van der Waals surface area contributed by atoms with Gasteiger partial charge in [0.05, 0.1) is 6.10 Å². The number of ether oxygens (including phenoxy) is 1. The number of alkyl halides is 3. The third-order valence-electron chi connectivity index (χ3n) is 3.49. The van der Waals surface area contributed by atoms with E-state index in [2.05, 4.69) is 15.4 Å². The summed E-state index contributed by atoms with van der Waals surface area (Å²) in [7, 11) is 0. The number of anilines is 1. The van der Waals surface area contributed by atoms with Crippen molar-refractivity contribution in [2.24, 2.45) is 5.92 Å². The second kappa shape index (κ2) is 6.87. The Labute approximate surface area is 125 Å². The van der Waals surface area contributed by atoms with Gasteiger partial charge in [-0.05, 0) is 37.1 Å². The van der Waals surface area contributed by atoms with Gasteiger partial charge < -0.3 is 20.5 Å². The van der Waals surface area contributed by atoms with Crippen LogP contribution >= 0.6 is 0 Å². The van der Waals surface area contributed by atoms with E-state index in [4.69, 9.17) is 0 Å². The molecule has 2 rings (SSSR count). The van der Waals surface area contributed by atoms with Gasteiger partial charge in [0.25, 0.3) is 0 Å². The average Bonchev–Trinajstić information content (AvgIpc) is 2.83. The average molecular weight is 318 g/mol. The first kappa shape index (κ1) is 16.4. The topological polar surface area (TPSA) is 70.6 Å². The molecule has 2 unspecified atom stereocenters. The molecular formula is C14H17F3N2O3. The van der Waals surface area contributed by atoms with Crippen molar-refractivity contribution in [2.75, 3.05) is 11.9 Å². The molecule has 22 heavy (non-hydrogen) atoms. The molecule has 0 heterocycles. The Balaban J connectivity index is 1.79. The predicted octanol–water partition coefficient (Wildman–Crippen LogP) is 2.87. The van der Waals surface area contributed by atoms with Gasteiger partial charge in [0.1, 0.15) is 5.75 Å². The van der Waals surface area contributed by atoms with E-state index in [-0.39, 0.29) is 17.8 Å². The number of amides is 2. The van der Waals surface area contributed by atoms with Crippen LogP contribution in [0.1, 0.15) is 19.3 Å². The first-order valence-electron chi connectivity index (χ1n) is 6.92. The summed E-state index contributed by atoms with van der Waals surface area (Å²) in [6.45, 7) is 0.363. The summed E-state index contributed by atoms with van der Waals surface area (Å²) in [6.07, 6.45) is -2.58. The zero-order valence-corrected chi connectivity index (χ0v) is 11.7. The molecule has 1 aromatic carbocycles. The number of aliphatic hydroxyl groups excluding tert-OH is 1. The van der Waals surface area contributed by atoms with Crippen LogP contribution in [0, 0.1) is 5.92 Å². The number of aliphatic hydroxyl groups is 1. The van der Waals surface area contributed by atoms with Crippen molar-refractivity contribution in [2.45, 2.75) is 31.7 Å². The van der Waals surface area contributed by atoms with E-state index < -0.39 is 12.4 Å². The molecule has 0 radical (unpaired) electrons. The lowest BCUT2D eigenvalue weighted by Crippen LogP contribution is -2.35. The van der Waals surface area contributed by atoms with E-state index in [1.165, 1.54) is 12.1 Å². The van der Waals surface area contributed by atoms with Crippen LogP contribution in [0.15, 0.2) is 24.3 Å². The summed E-state index contributed by atoms with van der Waals surface area (Å²) < 4.78 is 39.8. The van der Waals surface area contributed by atoms with E-state index in [0.29, 0.717) is 12.2 Å². The summed E-state index contributed by atoms with van der Waals surface area (Å²) in [4.78, 5) is 11.7. The van der Waals surface area contributed by atoms with Gasteiger partial charge >= 0.3 is 12.4 Å². The fourth-order valence-electron chi connectivity index (χ4n) is 2.39. The number of urea groups is 1.